The van der Waals surface area contributed by atoms with E-state index in [9.17, 15) is 0 Å². The maximum absolute atomic E-state index is 5.86. The molecule has 0 bridgehead atoms. The Morgan fingerprint density at radius 1 is 1.14 bits per heavy atom. The second kappa shape index (κ2) is 4.51. The van der Waals surface area contributed by atoms with Crippen LogP contribution in [0.1, 0.15) is 31.5 Å². The van der Waals surface area contributed by atoms with Gasteiger partial charge >= 0.3 is 0 Å². The predicted molar refractivity (Wildman–Crippen MR) is 55.7 cm³/mol. The standard InChI is InChI=1S/C11H17N3/c12-10-4-2-9(3-5-10)8-11-13-6-1-7-14-11/h1,6-7,9-10H,2-5,8,12H2. The summed E-state index contributed by atoms with van der Waals surface area (Å²) in [6.07, 6.45) is 9.45. The summed E-state index contributed by atoms with van der Waals surface area (Å²) in [5.41, 5.74) is 5.86. The summed E-state index contributed by atoms with van der Waals surface area (Å²) in [4.78, 5) is 8.50. The highest BCUT2D eigenvalue weighted by molar-refractivity contribution is 4.91. The molecule has 0 spiro atoms. The van der Waals surface area contributed by atoms with Crippen LogP contribution in [0.15, 0.2) is 18.5 Å². The summed E-state index contributed by atoms with van der Waals surface area (Å²) < 4.78 is 0. The molecule has 1 fully saturated rings. The van der Waals surface area contributed by atoms with E-state index in [4.69, 9.17) is 5.73 Å². The maximum Gasteiger partial charge on any atom is 0.128 e. The average Bonchev–Trinajstić information content (AvgIpc) is 2.23. The quantitative estimate of drug-likeness (QED) is 0.771. The van der Waals surface area contributed by atoms with Crippen LogP contribution in [0.4, 0.5) is 0 Å². The SMILES string of the molecule is NC1CCC(Cc2ncccn2)CC1. The maximum atomic E-state index is 5.86. The highest BCUT2D eigenvalue weighted by atomic mass is 14.8. The van der Waals surface area contributed by atoms with Crippen LogP contribution in [0.25, 0.3) is 0 Å². The van der Waals surface area contributed by atoms with Crippen molar-refractivity contribution in [3.05, 3.63) is 24.3 Å². The molecule has 1 heterocycles. The molecule has 2 rings (SSSR count). The van der Waals surface area contributed by atoms with Gasteiger partial charge < -0.3 is 5.73 Å². The van der Waals surface area contributed by atoms with Crippen LogP contribution in [0.3, 0.4) is 0 Å². The van der Waals surface area contributed by atoms with E-state index in [-0.39, 0.29) is 0 Å². The molecule has 0 atom stereocenters. The van der Waals surface area contributed by atoms with Gasteiger partial charge in [0.2, 0.25) is 0 Å². The zero-order valence-corrected chi connectivity index (χ0v) is 8.39. The number of aromatic nitrogens is 2. The van der Waals surface area contributed by atoms with Gasteiger partial charge in [-0.25, -0.2) is 9.97 Å². The van der Waals surface area contributed by atoms with Crippen molar-refractivity contribution in [3.63, 3.8) is 0 Å². The van der Waals surface area contributed by atoms with Crippen molar-refractivity contribution in [2.24, 2.45) is 11.7 Å². The minimum absolute atomic E-state index is 0.433. The van der Waals surface area contributed by atoms with E-state index in [1.165, 1.54) is 12.8 Å². The molecule has 3 nitrogen and oxygen atoms in total. The Labute approximate surface area is 84.8 Å². The molecule has 14 heavy (non-hydrogen) atoms. The molecule has 1 aromatic rings. The predicted octanol–water partition coefficient (Wildman–Crippen LogP) is 1.54. The van der Waals surface area contributed by atoms with Crippen LogP contribution in [-0.4, -0.2) is 16.0 Å². The Hall–Kier alpha value is -0.960. The molecule has 0 amide bonds. The van der Waals surface area contributed by atoms with Crippen molar-refractivity contribution in [1.29, 1.82) is 0 Å². The first kappa shape index (κ1) is 9.59. The summed E-state index contributed by atoms with van der Waals surface area (Å²) in [7, 11) is 0. The Morgan fingerprint density at radius 2 is 1.79 bits per heavy atom. The van der Waals surface area contributed by atoms with Crippen molar-refractivity contribution < 1.29 is 0 Å². The van der Waals surface area contributed by atoms with Gasteiger partial charge in [0.25, 0.3) is 0 Å². The molecule has 1 saturated carbocycles. The van der Waals surface area contributed by atoms with Crippen LogP contribution in [0, 0.1) is 5.92 Å². The molecular formula is C11H17N3. The summed E-state index contributed by atoms with van der Waals surface area (Å²) >= 11 is 0. The van der Waals surface area contributed by atoms with Gasteiger partial charge in [-0.2, -0.15) is 0 Å². The normalized spacial score (nSPS) is 27.5. The molecule has 0 aliphatic heterocycles. The fraction of sp³-hybridized carbons (Fsp3) is 0.636. The third-order valence-electron chi connectivity index (χ3n) is 2.98. The highest BCUT2D eigenvalue weighted by Gasteiger charge is 2.19. The van der Waals surface area contributed by atoms with E-state index in [1.54, 1.807) is 0 Å². The van der Waals surface area contributed by atoms with E-state index in [2.05, 4.69) is 9.97 Å². The van der Waals surface area contributed by atoms with E-state index in [0.717, 1.165) is 31.0 Å². The number of hydrogen-bond donors (Lipinski definition) is 1. The van der Waals surface area contributed by atoms with Gasteiger partial charge in [0.05, 0.1) is 0 Å². The molecule has 1 aromatic heterocycles. The van der Waals surface area contributed by atoms with Gasteiger partial charge in [0.15, 0.2) is 0 Å². The smallest absolute Gasteiger partial charge is 0.128 e. The van der Waals surface area contributed by atoms with Crippen LogP contribution in [0.2, 0.25) is 0 Å². The van der Waals surface area contributed by atoms with Crippen molar-refractivity contribution in [2.45, 2.75) is 38.1 Å². The lowest BCUT2D eigenvalue weighted by atomic mass is 9.84. The number of rotatable bonds is 2. The van der Waals surface area contributed by atoms with E-state index >= 15 is 0 Å². The Kier molecular flexibility index (Phi) is 3.09. The van der Waals surface area contributed by atoms with Crippen molar-refractivity contribution in [3.8, 4) is 0 Å². The van der Waals surface area contributed by atoms with Gasteiger partial charge in [0.1, 0.15) is 5.82 Å². The third-order valence-corrected chi connectivity index (χ3v) is 2.98. The molecule has 0 unspecified atom stereocenters. The van der Waals surface area contributed by atoms with Gasteiger partial charge in [-0.3, -0.25) is 0 Å². The number of nitrogens with zero attached hydrogens (tertiary/aromatic N) is 2. The van der Waals surface area contributed by atoms with Crippen molar-refractivity contribution in [1.82, 2.24) is 9.97 Å². The molecule has 1 aliphatic rings. The van der Waals surface area contributed by atoms with Gasteiger partial charge in [-0.05, 0) is 37.7 Å². The molecule has 0 aromatic carbocycles. The minimum Gasteiger partial charge on any atom is -0.328 e. The van der Waals surface area contributed by atoms with E-state index in [1.807, 2.05) is 18.5 Å². The lowest BCUT2D eigenvalue weighted by molar-refractivity contribution is 0.321. The van der Waals surface area contributed by atoms with Gasteiger partial charge in [0, 0.05) is 24.9 Å². The highest BCUT2D eigenvalue weighted by Crippen LogP contribution is 2.25. The second-order valence-corrected chi connectivity index (χ2v) is 4.15. The number of hydrogen-bond acceptors (Lipinski definition) is 3. The molecule has 76 valence electrons. The van der Waals surface area contributed by atoms with E-state index < -0.39 is 0 Å². The first-order chi connectivity index (χ1) is 6.84. The van der Waals surface area contributed by atoms with Crippen LogP contribution in [0.5, 0.6) is 0 Å². The summed E-state index contributed by atoms with van der Waals surface area (Å²) in [5.74, 6) is 1.73. The monoisotopic (exact) mass is 191 g/mol. The van der Waals surface area contributed by atoms with Crippen LogP contribution in [-0.2, 0) is 6.42 Å². The summed E-state index contributed by atoms with van der Waals surface area (Å²) in [6.45, 7) is 0. The molecule has 3 heteroatoms. The summed E-state index contributed by atoms with van der Waals surface area (Å²) in [5, 5.41) is 0. The Morgan fingerprint density at radius 3 is 2.43 bits per heavy atom. The lowest BCUT2D eigenvalue weighted by Crippen LogP contribution is -2.27. The molecule has 0 saturated heterocycles. The third kappa shape index (κ3) is 2.51. The van der Waals surface area contributed by atoms with E-state index in [0.29, 0.717) is 6.04 Å². The van der Waals surface area contributed by atoms with Gasteiger partial charge in [-0.1, -0.05) is 0 Å². The van der Waals surface area contributed by atoms with Crippen molar-refractivity contribution >= 4 is 0 Å². The first-order valence-corrected chi connectivity index (χ1v) is 5.36. The topological polar surface area (TPSA) is 51.8 Å². The summed E-state index contributed by atoms with van der Waals surface area (Å²) in [6, 6.07) is 2.29. The lowest BCUT2D eigenvalue weighted by Gasteiger charge is -2.25. The largest absolute Gasteiger partial charge is 0.328 e. The average molecular weight is 191 g/mol. The van der Waals surface area contributed by atoms with Crippen molar-refractivity contribution in [2.75, 3.05) is 0 Å². The first-order valence-electron chi connectivity index (χ1n) is 5.36. The fourth-order valence-electron chi connectivity index (χ4n) is 2.09. The Bertz CT molecular complexity index is 265. The van der Waals surface area contributed by atoms with Gasteiger partial charge in [-0.15, -0.1) is 0 Å². The zero-order valence-electron chi connectivity index (χ0n) is 8.39. The molecule has 1 aliphatic carbocycles. The zero-order chi connectivity index (χ0) is 9.80. The molecular weight excluding hydrogens is 174 g/mol. The fourth-order valence-corrected chi connectivity index (χ4v) is 2.09. The number of nitrogens with two attached hydrogens (primary N) is 1. The van der Waals surface area contributed by atoms with Crippen LogP contribution >= 0.6 is 0 Å². The van der Waals surface area contributed by atoms with Crippen LogP contribution < -0.4 is 5.73 Å². The Balaban J connectivity index is 1.87. The minimum atomic E-state index is 0.433. The molecule has 0 radical (unpaired) electrons. The molecule has 2 N–H and O–H groups in total. The second-order valence-electron chi connectivity index (χ2n) is 4.15.